The molecule has 0 unspecified atom stereocenters. The first-order chi connectivity index (χ1) is 7.91. The van der Waals surface area contributed by atoms with Crippen LogP contribution in [0.25, 0.3) is 0 Å². The second-order valence-electron chi connectivity index (χ2n) is 4.67. The number of benzene rings is 1. The van der Waals surface area contributed by atoms with E-state index < -0.39 is 5.79 Å². The minimum absolute atomic E-state index is 0.425. The lowest BCUT2D eigenvalue weighted by atomic mass is 9.97. The molecule has 0 aromatic heterocycles. The fourth-order valence-electron chi connectivity index (χ4n) is 2.79. The van der Waals surface area contributed by atoms with E-state index in [1.165, 1.54) is 24.0 Å². The Morgan fingerprint density at radius 3 is 2.62 bits per heavy atom. The number of fused-ring (bicyclic) bond motifs is 2. The van der Waals surface area contributed by atoms with Gasteiger partial charge in [-0.3, -0.25) is 0 Å². The molecule has 2 nitrogen and oxygen atoms in total. The highest BCUT2D eigenvalue weighted by Crippen LogP contribution is 2.40. The highest BCUT2D eigenvalue weighted by atomic mass is 16.7. The van der Waals surface area contributed by atoms with E-state index in [2.05, 4.69) is 24.3 Å². The van der Waals surface area contributed by atoms with E-state index in [0.29, 0.717) is 0 Å². The Labute approximate surface area is 96.6 Å². The van der Waals surface area contributed by atoms with E-state index in [0.717, 1.165) is 32.5 Å². The van der Waals surface area contributed by atoms with Gasteiger partial charge in [0.1, 0.15) is 0 Å². The molecule has 1 aromatic rings. The van der Waals surface area contributed by atoms with Crippen LogP contribution in [0.5, 0.6) is 0 Å². The SMILES string of the molecule is c1ccc2c(c1)CCCCC21OCCCO1. The van der Waals surface area contributed by atoms with Crippen molar-refractivity contribution in [3.05, 3.63) is 35.4 Å². The van der Waals surface area contributed by atoms with Crippen LogP contribution in [-0.2, 0) is 21.7 Å². The molecule has 0 bridgehead atoms. The molecule has 1 heterocycles. The summed E-state index contributed by atoms with van der Waals surface area (Å²) in [6, 6.07) is 8.59. The van der Waals surface area contributed by atoms with Crippen LogP contribution in [0.3, 0.4) is 0 Å². The number of rotatable bonds is 0. The van der Waals surface area contributed by atoms with Gasteiger partial charge >= 0.3 is 0 Å². The quantitative estimate of drug-likeness (QED) is 0.666. The van der Waals surface area contributed by atoms with Gasteiger partial charge in [-0.25, -0.2) is 0 Å². The molecule has 86 valence electrons. The molecule has 3 rings (SSSR count). The smallest absolute Gasteiger partial charge is 0.195 e. The van der Waals surface area contributed by atoms with E-state index in [9.17, 15) is 0 Å². The fourth-order valence-corrected chi connectivity index (χ4v) is 2.79. The van der Waals surface area contributed by atoms with Gasteiger partial charge in [0.05, 0.1) is 13.2 Å². The van der Waals surface area contributed by atoms with Gasteiger partial charge < -0.3 is 9.47 Å². The van der Waals surface area contributed by atoms with Crippen LogP contribution in [0.15, 0.2) is 24.3 Å². The molecule has 1 fully saturated rings. The molecule has 0 atom stereocenters. The van der Waals surface area contributed by atoms with E-state index in [1.54, 1.807) is 0 Å². The zero-order valence-electron chi connectivity index (χ0n) is 9.58. The average molecular weight is 218 g/mol. The van der Waals surface area contributed by atoms with Gasteiger partial charge in [0.25, 0.3) is 0 Å². The molecule has 2 heteroatoms. The third-order valence-electron chi connectivity index (χ3n) is 3.59. The predicted molar refractivity (Wildman–Crippen MR) is 62.2 cm³/mol. The van der Waals surface area contributed by atoms with Crippen molar-refractivity contribution in [2.45, 2.75) is 37.9 Å². The van der Waals surface area contributed by atoms with E-state index in [-0.39, 0.29) is 0 Å². The van der Waals surface area contributed by atoms with E-state index in [4.69, 9.17) is 9.47 Å². The summed E-state index contributed by atoms with van der Waals surface area (Å²) in [5.41, 5.74) is 2.68. The van der Waals surface area contributed by atoms with Gasteiger partial charge in [-0.05, 0) is 31.2 Å². The molecule has 0 radical (unpaired) electrons. The van der Waals surface area contributed by atoms with Crippen molar-refractivity contribution >= 4 is 0 Å². The molecule has 2 aliphatic rings. The molecule has 1 saturated heterocycles. The normalized spacial score (nSPS) is 23.8. The summed E-state index contributed by atoms with van der Waals surface area (Å²) < 4.78 is 12.0. The van der Waals surface area contributed by atoms with Gasteiger partial charge in [0, 0.05) is 12.0 Å². The van der Waals surface area contributed by atoms with Crippen molar-refractivity contribution in [1.29, 1.82) is 0 Å². The fraction of sp³-hybridized carbons (Fsp3) is 0.571. The summed E-state index contributed by atoms with van der Waals surface area (Å²) in [5.74, 6) is -0.425. The van der Waals surface area contributed by atoms with Gasteiger partial charge in [0.2, 0.25) is 0 Å². The highest BCUT2D eigenvalue weighted by molar-refractivity contribution is 5.32. The van der Waals surface area contributed by atoms with Gasteiger partial charge in [-0.1, -0.05) is 24.3 Å². The minimum atomic E-state index is -0.425. The van der Waals surface area contributed by atoms with Crippen molar-refractivity contribution in [2.75, 3.05) is 13.2 Å². The second-order valence-corrected chi connectivity index (χ2v) is 4.67. The van der Waals surface area contributed by atoms with Crippen molar-refractivity contribution in [3.63, 3.8) is 0 Å². The first-order valence-corrected chi connectivity index (χ1v) is 6.27. The maximum absolute atomic E-state index is 5.99. The van der Waals surface area contributed by atoms with Crippen LogP contribution in [-0.4, -0.2) is 13.2 Å². The molecule has 0 N–H and O–H groups in total. The molecule has 0 saturated carbocycles. The summed E-state index contributed by atoms with van der Waals surface area (Å²) in [6.07, 6.45) is 5.61. The number of ether oxygens (including phenoxy) is 2. The number of hydrogen-bond acceptors (Lipinski definition) is 2. The third-order valence-corrected chi connectivity index (χ3v) is 3.59. The third kappa shape index (κ3) is 1.66. The van der Waals surface area contributed by atoms with E-state index in [1.807, 2.05) is 0 Å². The second kappa shape index (κ2) is 4.19. The van der Waals surface area contributed by atoms with Crippen LogP contribution in [0.4, 0.5) is 0 Å². The standard InChI is InChI=1S/C14H18O2/c1-2-8-13-12(6-1)7-3-4-9-14(13)15-10-5-11-16-14/h1-2,6,8H,3-5,7,9-11H2. The maximum atomic E-state index is 5.99. The Morgan fingerprint density at radius 1 is 0.938 bits per heavy atom. The molecular formula is C14H18O2. The summed E-state index contributed by atoms with van der Waals surface area (Å²) in [6.45, 7) is 1.66. The van der Waals surface area contributed by atoms with Crippen LogP contribution >= 0.6 is 0 Å². The lowest BCUT2D eigenvalue weighted by Gasteiger charge is -2.37. The average Bonchev–Trinajstić information content (AvgIpc) is 2.52. The molecule has 0 amide bonds. The molecular weight excluding hydrogens is 200 g/mol. The summed E-state index contributed by atoms with van der Waals surface area (Å²) in [4.78, 5) is 0. The maximum Gasteiger partial charge on any atom is 0.195 e. The lowest BCUT2D eigenvalue weighted by molar-refractivity contribution is -0.279. The predicted octanol–water partition coefficient (Wildman–Crippen LogP) is 3.00. The molecule has 16 heavy (non-hydrogen) atoms. The topological polar surface area (TPSA) is 18.5 Å². The monoisotopic (exact) mass is 218 g/mol. The van der Waals surface area contributed by atoms with Crippen LogP contribution < -0.4 is 0 Å². The summed E-state index contributed by atoms with van der Waals surface area (Å²) >= 11 is 0. The van der Waals surface area contributed by atoms with E-state index >= 15 is 0 Å². The minimum Gasteiger partial charge on any atom is -0.346 e. The molecule has 1 aliphatic carbocycles. The van der Waals surface area contributed by atoms with Crippen LogP contribution in [0.2, 0.25) is 0 Å². The Hall–Kier alpha value is -0.860. The zero-order chi connectivity index (χ0) is 10.8. The summed E-state index contributed by atoms with van der Waals surface area (Å²) in [5, 5.41) is 0. The van der Waals surface area contributed by atoms with Gasteiger partial charge in [-0.2, -0.15) is 0 Å². The number of aryl methyl sites for hydroxylation is 1. The Balaban J connectivity index is 2.04. The Kier molecular flexibility index (Phi) is 2.70. The largest absolute Gasteiger partial charge is 0.346 e. The lowest BCUT2D eigenvalue weighted by Crippen LogP contribution is -2.38. The van der Waals surface area contributed by atoms with Crippen molar-refractivity contribution in [3.8, 4) is 0 Å². The first kappa shape index (κ1) is 10.3. The van der Waals surface area contributed by atoms with Gasteiger partial charge in [0.15, 0.2) is 5.79 Å². The summed E-state index contributed by atoms with van der Waals surface area (Å²) in [7, 11) is 0. The molecule has 1 aliphatic heterocycles. The van der Waals surface area contributed by atoms with Crippen LogP contribution in [0.1, 0.15) is 36.8 Å². The van der Waals surface area contributed by atoms with Crippen molar-refractivity contribution < 1.29 is 9.47 Å². The van der Waals surface area contributed by atoms with Crippen molar-refractivity contribution in [2.24, 2.45) is 0 Å². The Morgan fingerprint density at radius 2 is 1.75 bits per heavy atom. The zero-order valence-corrected chi connectivity index (χ0v) is 9.58. The molecule has 1 aromatic carbocycles. The number of hydrogen-bond donors (Lipinski definition) is 0. The molecule has 1 spiro atoms. The Bertz CT molecular complexity index is 367. The first-order valence-electron chi connectivity index (χ1n) is 6.27. The van der Waals surface area contributed by atoms with Crippen LogP contribution in [0, 0.1) is 0 Å². The van der Waals surface area contributed by atoms with Crippen molar-refractivity contribution in [1.82, 2.24) is 0 Å². The highest BCUT2D eigenvalue weighted by Gasteiger charge is 2.38. The van der Waals surface area contributed by atoms with Gasteiger partial charge in [-0.15, -0.1) is 0 Å².